The minimum Gasteiger partial charge on any atom is -0.481 e. The van der Waals surface area contributed by atoms with E-state index in [0.717, 1.165) is 0 Å². The van der Waals surface area contributed by atoms with Gasteiger partial charge in [0.25, 0.3) is 0 Å². The molecule has 2 heterocycles. The van der Waals surface area contributed by atoms with Crippen LogP contribution >= 0.6 is 0 Å². The fourth-order valence-corrected chi connectivity index (χ4v) is 1.95. The number of aryl methyl sites for hydroxylation is 1. The van der Waals surface area contributed by atoms with Crippen LogP contribution in [0.15, 0.2) is 6.33 Å². The van der Waals surface area contributed by atoms with Crippen molar-refractivity contribution in [2.45, 2.75) is 12.8 Å². The standard InChI is InChI=1S/C10H15N5O3/c1-14-9(11-6-12-14)13-10(18)15-4-2-3-7(5-15)8(16)17/h6-7H,2-5H2,1H3,(H,16,17)(H,11,12,13,18)/t7-/m0/s1. The van der Waals surface area contributed by atoms with Crippen LogP contribution in [0.4, 0.5) is 10.7 Å². The number of aromatic nitrogens is 3. The molecule has 2 amide bonds. The highest BCUT2D eigenvalue weighted by molar-refractivity contribution is 5.88. The number of likely N-dealkylation sites (tertiary alicyclic amines) is 1. The number of carbonyl (C=O) groups excluding carboxylic acids is 1. The Hall–Kier alpha value is -2.12. The van der Waals surface area contributed by atoms with Gasteiger partial charge in [0.15, 0.2) is 0 Å². The van der Waals surface area contributed by atoms with Gasteiger partial charge in [-0.05, 0) is 12.8 Å². The van der Waals surface area contributed by atoms with Crippen molar-refractivity contribution in [2.24, 2.45) is 13.0 Å². The molecule has 1 aromatic rings. The molecule has 0 spiro atoms. The molecule has 2 N–H and O–H groups in total. The van der Waals surface area contributed by atoms with E-state index < -0.39 is 11.9 Å². The number of nitrogens with one attached hydrogen (secondary N) is 1. The molecule has 18 heavy (non-hydrogen) atoms. The third-order valence-corrected chi connectivity index (χ3v) is 2.99. The third-order valence-electron chi connectivity index (χ3n) is 2.99. The maximum Gasteiger partial charge on any atom is 0.324 e. The van der Waals surface area contributed by atoms with Crippen LogP contribution in [0.25, 0.3) is 0 Å². The molecule has 0 bridgehead atoms. The lowest BCUT2D eigenvalue weighted by Crippen LogP contribution is -2.44. The molecule has 0 saturated carbocycles. The molecule has 1 aliphatic heterocycles. The van der Waals surface area contributed by atoms with Crippen LogP contribution < -0.4 is 5.32 Å². The van der Waals surface area contributed by atoms with Crippen LogP contribution in [0.5, 0.6) is 0 Å². The molecule has 0 aromatic carbocycles. The van der Waals surface area contributed by atoms with Crippen LogP contribution in [0.3, 0.4) is 0 Å². The number of carbonyl (C=O) groups is 2. The summed E-state index contributed by atoms with van der Waals surface area (Å²) >= 11 is 0. The molecule has 98 valence electrons. The lowest BCUT2D eigenvalue weighted by Gasteiger charge is -2.30. The third kappa shape index (κ3) is 2.58. The maximum atomic E-state index is 11.9. The molecule has 8 nitrogen and oxygen atoms in total. The van der Waals surface area contributed by atoms with Crippen molar-refractivity contribution in [2.75, 3.05) is 18.4 Å². The Bertz CT molecular complexity index is 458. The van der Waals surface area contributed by atoms with E-state index in [1.54, 1.807) is 7.05 Å². The van der Waals surface area contributed by atoms with Gasteiger partial charge < -0.3 is 10.0 Å². The number of urea groups is 1. The highest BCUT2D eigenvalue weighted by Crippen LogP contribution is 2.17. The number of aliphatic carboxylic acids is 1. The van der Waals surface area contributed by atoms with Gasteiger partial charge in [-0.25, -0.2) is 9.48 Å². The van der Waals surface area contributed by atoms with Gasteiger partial charge in [-0.3, -0.25) is 10.1 Å². The first-order chi connectivity index (χ1) is 8.58. The largest absolute Gasteiger partial charge is 0.481 e. The van der Waals surface area contributed by atoms with Crippen molar-refractivity contribution < 1.29 is 14.7 Å². The molecule has 1 atom stereocenters. The Kier molecular flexibility index (Phi) is 3.45. The second-order valence-corrected chi connectivity index (χ2v) is 4.26. The fourth-order valence-electron chi connectivity index (χ4n) is 1.95. The number of piperidine rings is 1. The van der Waals surface area contributed by atoms with Gasteiger partial charge in [0.2, 0.25) is 5.95 Å². The molecule has 1 aromatic heterocycles. The summed E-state index contributed by atoms with van der Waals surface area (Å²) in [5, 5.41) is 15.4. The van der Waals surface area contributed by atoms with Crippen molar-refractivity contribution in [1.82, 2.24) is 19.7 Å². The van der Waals surface area contributed by atoms with E-state index >= 15 is 0 Å². The van der Waals surface area contributed by atoms with Crippen molar-refractivity contribution in [3.05, 3.63) is 6.33 Å². The van der Waals surface area contributed by atoms with Crippen LogP contribution in [-0.4, -0.2) is 49.9 Å². The minimum absolute atomic E-state index is 0.235. The number of carboxylic acids is 1. The summed E-state index contributed by atoms with van der Waals surface area (Å²) in [5.74, 6) is -0.993. The Morgan fingerprint density at radius 3 is 2.94 bits per heavy atom. The Morgan fingerprint density at radius 2 is 2.33 bits per heavy atom. The summed E-state index contributed by atoms with van der Waals surface area (Å²) in [7, 11) is 1.67. The summed E-state index contributed by atoms with van der Waals surface area (Å²) in [6, 6.07) is -0.336. The summed E-state index contributed by atoms with van der Waals surface area (Å²) in [6.45, 7) is 0.798. The lowest BCUT2D eigenvalue weighted by molar-refractivity contribution is -0.143. The number of hydrogen-bond donors (Lipinski definition) is 2. The molecule has 1 saturated heterocycles. The van der Waals surface area contributed by atoms with Gasteiger partial charge in [0, 0.05) is 20.1 Å². The zero-order valence-electron chi connectivity index (χ0n) is 10.0. The average molecular weight is 253 g/mol. The molecule has 0 aliphatic carbocycles. The maximum absolute atomic E-state index is 11.9. The number of carboxylic acid groups (broad SMARTS) is 1. The number of anilines is 1. The first kappa shape index (κ1) is 12.3. The van der Waals surface area contributed by atoms with Crippen LogP contribution in [0.1, 0.15) is 12.8 Å². The molecular weight excluding hydrogens is 238 g/mol. The van der Waals surface area contributed by atoms with Crippen molar-refractivity contribution in [3.8, 4) is 0 Å². The number of amides is 2. The van der Waals surface area contributed by atoms with E-state index in [-0.39, 0.29) is 12.6 Å². The highest BCUT2D eigenvalue weighted by atomic mass is 16.4. The number of rotatable bonds is 2. The van der Waals surface area contributed by atoms with E-state index in [0.29, 0.717) is 25.3 Å². The van der Waals surface area contributed by atoms with Crippen LogP contribution in [-0.2, 0) is 11.8 Å². The first-order valence-electron chi connectivity index (χ1n) is 5.70. The average Bonchev–Trinajstić information content (AvgIpc) is 2.75. The van der Waals surface area contributed by atoms with E-state index in [9.17, 15) is 9.59 Å². The van der Waals surface area contributed by atoms with E-state index in [4.69, 9.17) is 5.11 Å². The second-order valence-electron chi connectivity index (χ2n) is 4.26. The Balaban J connectivity index is 1.97. The summed E-state index contributed by atoms with van der Waals surface area (Å²) in [4.78, 5) is 28.2. The van der Waals surface area contributed by atoms with Crippen molar-refractivity contribution in [3.63, 3.8) is 0 Å². The van der Waals surface area contributed by atoms with E-state index in [1.165, 1.54) is 15.9 Å². The predicted molar refractivity (Wildman–Crippen MR) is 62.0 cm³/mol. The lowest BCUT2D eigenvalue weighted by atomic mass is 9.99. The van der Waals surface area contributed by atoms with Gasteiger partial charge >= 0.3 is 12.0 Å². The van der Waals surface area contributed by atoms with Crippen molar-refractivity contribution in [1.29, 1.82) is 0 Å². The molecule has 0 unspecified atom stereocenters. The molecule has 1 aliphatic rings. The van der Waals surface area contributed by atoms with Gasteiger partial charge in [0.1, 0.15) is 6.33 Å². The molecule has 8 heteroatoms. The molecule has 2 rings (SSSR count). The summed E-state index contributed by atoms with van der Waals surface area (Å²) in [5.41, 5.74) is 0. The van der Waals surface area contributed by atoms with Gasteiger partial charge in [-0.15, -0.1) is 0 Å². The predicted octanol–water partition coefficient (Wildman–Crippen LogP) is 0.144. The first-order valence-corrected chi connectivity index (χ1v) is 5.70. The van der Waals surface area contributed by atoms with Gasteiger partial charge in [-0.1, -0.05) is 0 Å². The van der Waals surface area contributed by atoms with Crippen LogP contribution in [0.2, 0.25) is 0 Å². The SMILES string of the molecule is Cn1ncnc1NC(=O)N1CCC[C@H](C(=O)O)C1. The monoisotopic (exact) mass is 253 g/mol. The zero-order valence-corrected chi connectivity index (χ0v) is 10.0. The fraction of sp³-hybridized carbons (Fsp3) is 0.600. The number of nitrogens with zero attached hydrogens (tertiary/aromatic N) is 4. The molecule has 0 radical (unpaired) electrons. The Morgan fingerprint density at radius 1 is 1.56 bits per heavy atom. The second kappa shape index (κ2) is 5.03. The highest BCUT2D eigenvalue weighted by Gasteiger charge is 2.28. The van der Waals surface area contributed by atoms with Crippen LogP contribution in [0, 0.1) is 5.92 Å². The minimum atomic E-state index is -0.855. The summed E-state index contributed by atoms with van der Waals surface area (Å²) < 4.78 is 1.44. The van der Waals surface area contributed by atoms with Crippen molar-refractivity contribution >= 4 is 17.9 Å². The van der Waals surface area contributed by atoms with Gasteiger partial charge in [-0.2, -0.15) is 10.1 Å². The Labute approximate surface area is 104 Å². The normalized spacial score (nSPS) is 19.6. The summed E-state index contributed by atoms with van der Waals surface area (Å²) in [6.07, 6.45) is 2.65. The molecule has 1 fully saturated rings. The quantitative estimate of drug-likeness (QED) is 0.781. The van der Waals surface area contributed by atoms with E-state index in [2.05, 4.69) is 15.4 Å². The zero-order chi connectivity index (χ0) is 13.1. The molecular formula is C10H15N5O3. The topological polar surface area (TPSA) is 100 Å². The number of hydrogen-bond acceptors (Lipinski definition) is 4. The van der Waals surface area contributed by atoms with E-state index in [1.807, 2.05) is 0 Å². The smallest absolute Gasteiger partial charge is 0.324 e. The van der Waals surface area contributed by atoms with Gasteiger partial charge in [0.05, 0.1) is 5.92 Å².